The van der Waals surface area contributed by atoms with Crippen LogP contribution in [-0.4, -0.2) is 31.8 Å². The number of rotatable bonds is 5. The molecule has 2 fully saturated rings. The average molecular weight is 295 g/mol. The Labute approximate surface area is 126 Å². The predicted molar refractivity (Wildman–Crippen MR) is 83.6 cm³/mol. The van der Waals surface area contributed by atoms with Crippen LogP contribution in [0.1, 0.15) is 31.7 Å². The van der Waals surface area contributed by atoms with Gasteiger partial charge in [0.05, 0.1) is 12.7 Å². The van der Waals surface area contributed by atoms with Crippen molar-refractivity contribution in [2.24, 2.45) is 0 Å². The van der Waals surface area contributed by atoms with Crippen molar-refractivity contribution in [3.05, 3.63) is 28.8 Å². The van der Waals surface area contributed by atoms with E-state index in [2.05, 4.69) is 35.3 Å². The van der Waals surface area contributed by atoms with Gasteiger partial charge in [-0.3, -0.25) is 0 Å². The summed E-state index contributed by atoms with van der Waals surface area (Å²) in [6, 6.07) is 7.16. The van der Waals surface area contributed by atoms with E-state index in [1.165, 1.54) is 24.1 Å². The number of nitrogens with zero attached hydrogens (tertiary/aromatic N) is 1. The monoisotopic (exact) mass is 294 g/mol. The van der Waals surface area contributed by atoms with Crippen LogP contribution in [0.25, 0.3) is 0 Å². The van der Waals surface area contributed by atoms with Gasteiger partial charge in [0.2, 0.25) is 0 Å². The zero-order valence-corrected chi connectivity index (χ0v) is 12.8. The highest BCUT2D eigenvalue weighted by atomic mass is 35.5. The molecule has 0 spiro atoms. The molecule has 4 heteroatoms. The number of nitrogens with one attached hydrogen (secondary N) is 1. The maximum Gasteiger partial charge on any atom is 0.0748 e. The first-order valence-corrected chi connectivity index (χ1v) is 8.02. The van der Waals surface area contributed by atoms with Crippen molar-refractivity contribution in [1.29, 1.82) is 0 Å². The lowest BCUT2D eigenvalue weighted by atomic mass is 10.1. The van der Waals surface area contributed by atoms with Crippen LogP contribution in [0.4, 0.5) is 5.69 Å². The normalized spacial score (nSPS) is 23.1. The molecule has 20 heavy (non-hydrogen) atoms. The smallest absolute Gasteiger partial charge is 0.0748 e. The number of hydrogen-bond donors (Lipinski definition) is 1. The molecule has 0 aromatic heterocycles. The third-order valence-electron chi connectivity index (χ3n) is 4.15. The number of hydrogen-bond acceptors (Lipinski definition) is 3. The van der Waals surface area contributed by atoms with Crippen molar-refractivity contribution in [2.75, 3.05) is 24.6 Å². The van der Waals surface area contributed by atoms with Crippen molar-refractivity contribution in [2.45, 2.75) is 44.9 Å². The fraction of sp³-hybridized carbons (Fsp3) is 0.625. The minimum Gasteiger partial charge on any atom is -0.375 e. The third-order valence-corrected chi connectivity index (χ3v) is 4.51. The van der Waals surface area contributed by atoms with E-state index < -0.39 is 0 Å². The molecule has 3 nitrogen and oxygen atoms in total. The van der Waals surface area contributed by atoms with E-state index in [1.54, 1.807) is 0 Å². The minimum atomic E-state index is 0.346. The Morgan fingerprint density at radius 1 is 1.40 bits per heavy atom. The van der Waals surface area contributed by atoms with Gasteiger partial charge in [-0.1, -0.05) is 24.6 Å². The highest BCUT2D eigenvalue weighted by Gasteiger charge is 2.21. The second-order valence-corrected chi connectivity index (χ2v) is 6.19. The Hall–Kier alpha value is -0.770. The second-order valence-electron chi connectivity index (χ2n) is 5.78. The number of benzene rings is 1. The Morgan fingerprint density at radius 2 is 2.25 bits per heavy atom. The topological polar surface area (TPSA) is 24.5 Å². The van der Waals surface area contributed by atoms with E-state index in [0.29, 0.717) is 6.10 Å². The van der Waals surface area contributed by atoms with Crippen LogP contribution in [-0.2, 0) is 11.3 Å². The number of morpholine rings is 1. The standard InChI is InChI=1S/C16H23ClN2O/c1-2-15-11-19(7-8-20-15)14-6-3-12(16(17)9-14)10-18-13-4-5-13/h3,6,9,13,15,18H,2,4-5,7-8,10-11H2,1H3. The zero-order chi connectivity index (χ0) is 13.9. The molecule has 1 N–H and O–H groups in total. The van der Waals surface area contributed by atoms with Crippen LogP contribution in [0.3, 0.4) is 0 Å². The van der Waals surface area contributed by atoms with E-state index in [4.69, 9.17) is 16.3 Å². The predicted octanol–water partition coefficient (Wildman–Crippen LogP) is 3.21. The summed E-state index contributed by atoms with van der Waals surface area (Å²) in [6.07, 6.45) is 4.02. The third kappa shape index (κ3) is 3.46. The summed E-state index contributed by atoms with van der Waals surface area (Å²) in [5.41, 5.74) is 2.41. The highest BCUT2D eigenvalue weighted by Crippen LogP contribution is 2.27. The molecule has 1 heterocycles. The number of halogens is 1. The van der Waals surface area contributed by atoms with Gasteiger partial charge >= 0.3 is 0 Å². The van der Waals surface area contributed by atoms with Gasteiger partial charge in [0.25, 0.3) is 0 Å². The first kappa shape index (κ1) is 14.2. The summed E-state index contributed by atoms with van der Waals surface area (Å²) in [7, 11) is 0. The second kappa shape index (κ2) is 6.33. The molecule has 1 atom stereocenters. The molecule has 0 radical (unpaired) electrons. The first-order chi connectivity index (χ1) is 9.76. The quantitative estimate of drug-likeness (QED) is 0.902. The molecule has 1 aromatic carbocycles. The van der Waals surface area contributed by atoms with Gasteiger partial charge < -0.3 is 15.0 Å². The van der Waals surface area contributed by atoms with Crippen molar-refractivity contribution in [3.63, 3.8) is 0 Å². The van der Waals surface area contributed by atoms with E-state index in [0.717, 1.165) is 43.7 Å². The maximum absolute atomic E-state index is 6.42. The van der Waals surface area contributed by atoms with Crippen LogP contribution in [0.2, 0.25) is 5.02 Å². The lowest BCUT2D eigenvalue weighted by Crippen LogP contribution is -2.42. The van der Waals surface area contributed by atoms with E-state index in [-0.39, 0.29) is 0 Å². The average Bonchev–Trinajstić information content (AvgIpc) is 3.30. The van der Waals surface area contributed by atoms with Gasteiger partial charge in [-0.05, 0) is 37.0 Å². The fourth-order valence-electron chi connectivity index (χ4n) is 2.62. The zero-order valence-electron chi connectivity index (χ0n) is 12.1. The first-order valence-electron chi connectivity index (χ1n) is 7.64. The van der Waals surface area contributed by atoms with Crippen LogP contribution in [0, 0.1) is 0 Å². The van der Waals surface area contributed by atoms with Gasteiger partial charge in [0.1, 0.15) is 0 Å². The summed E-state index contributed by atoms with van der Waals surface area (Å²) in [5, 5.41) is 4.38. The molecule has 0 bridgehead atoms. The molecule has 110 valence electrons. The molecule has 3 rings (SSSR count). The van der Waals surface area contributed by atoms with Crippen LogP contribution in [0.5, 0.6) is 0 Å². The number of anilines is 1. The maximum atomic E-state index is 6.42. The van der Waals surface area contributed by atoms with Gasteiger partial charge in [0, 0.05) is 36.4 Å². The number of ether oxygens (including phenoxy) is 1. The summed E-state index contributed by atoms with van der Waals surface area (Å²) in [4.78, 5) is 2.38. The molecule has 0 amide bonds. The van der Waals surface area contributed by atoms with Crippen LogP contribution >= 0.6 is 11.6 Å². The fourth-order valence-corrected chi connectivity index (χ4v) is 2.86. The summed E-state index contributed by atoms with van der Waals surface area (Å²) in [5.74, 6) is 0. The molecule has 1 saturated heterocycles. The summed E-state index contributed by atoms with van der Waals surface area (Å²) < 4.78 is 5.72. The summed E-state index contributed by atoms with van der Waals surface area (Å²) in [6.45, 7) is 5.78. The van der Waals surface area contributed by atoms with Gasteiger partial charge in [0.15, 0.2) is 0 Å². The van der Waals surface area contributed by atoms with Gasteiger partial charge in [-0.25, -0.2) is 0 Å². The van der Waals surface area contributed by atoms with E-state index >= 15 is 0 Å². The molecule has 1 saturated carbocycles. The highest BCUT2D eigenvalue weighted by molar-refractivity contribution is 6.31. The lowest BCUT2D eigenvalue weighted by Gasteiger charge is -2.34. The van der Waals surface area contributed by atoms with E-state index in [9.17, 15) is 0 Å². The largest absolute Gasteiger partial charge is 0.375 e. The van der Waals surface area contributed by atoms with E-state index in [1.807, 2.05) is 0 Å². The van der Waals surface area contributed by atoms with Gasteiger partial charge in [-0.15, -0.1) is 0 Å². The Bertz CT molecular complexity index is 462. The molecule has 1 aromatic rings. The van der Waals surface area contributed by atoms with Crippen LogP contribution in [0.15, 0.2) is 18.2 Å². The Morgan fingerprint density at radius 3 is 2.95 bits per heavy atom. The van der Waals surface area contributed by atoms with Crippen molar-refractivity contribution >= 4 is 17.3 Å². The van der Waals surface area contributed by atoms with Crippen molar-refractivity contribution < 1.29 is 4.74 Å². The molecule has 1 aliphatic heterocycles. The molecule has 1 aliphatic carbocycles. The molecular weight excluding hydrogens is 272 g/mol. The van der Waals surface area contributed by atoms with Crippen molar-refractivity contribution in [1.82, 2.24) is 5.32 Å². The Kier molecular flexibility index (Phi) is 4.49. The SMILES string of the molecule is CCC1CN(c2ccc(CNC3CC3)c(Cl)c2)CCO1. The van der Waals surface area contributed by atoms with Crippen LogP contribution < -0.4 is 10.2 Å². The minimum absolute atomic E-state index is 0.346. The lowest BCUT2D eigenvalue weighted by molar-refractivity contribution is 0.0384. The molecule has 2 aliphatic rings. The van der Waals surface area contributed by atoms with Gasteiger partial charge in [-0.2, -0.15) is 0 Å². The molecule has 1 unspecified atom stereocenters. The Balaban J connectivity index is 1.65. The van der Waals surface area contributed by atoms with Crippen molar-refractivity contribution in [3.8, 4) is 0 Å². The molecular formula is C16H23ClN2O. The summed E-state index contributed by atoms with van der Waals surface area (Å²) >= 11 is 6.42.